The number of anilines is 1. The van der Waals surface area contributed by atoms with E-state index in [1.165, 1.54) is 10.4 Å². The zero-order valence-corrected chi connectivity index (χ0v) is 12.2. The summed E-state index contributed by atoms with van der Waals surface area (Å²) in [7, 11) is 1.79. The third kappa shape index (κ3) is 2.31. The molecule has 2 aromatic heterocycles. The maximum absolute atomic E-state index is 12.4. The number of aryl methyl sites for hydroxylation is 2. The molecule has 0 saturated carbocycles. The van der Waals surface area contributed by atoms with E-state index in [1.54, 1.807) is 29.3 Å². The van der Waals surface area contributed by atoms with E-state index in [0.717, 1.165) is 24.8 Å². The van der Waals surface area contributed by atoms with Gasteiger partial charge in [-0.25, -0.2) is 0 Å². The Balaban J connectivity index is 1.68. The van der Waals surface area contributed by atoms with E-state index < -0.39 is 0 Å². The Hall–Kier alpha value is -1.82. The molecule has 2 aromatic rings. The van der Waals surface area contributed by atoms with Crippen LogP contribution in [0.25, 0.3) is 0 Å². The third-order valence-electron chi connectivity index (χ3n) is 3.89. The normalized spacial score (nSPS) is 17.8. The largest absolute Gasteiger partial charge is 0.384 e. The van der Waals surface area contributed by atoms with E-state index in [-0.39, 0.29) is 11.8 Å². The highest BCUT2D eigenvalue weighted by Gasteiger charge is 2.27. The summed E-state index contributed by atoms with van der Waals surface area (Å²) >= 11 is 1.75. The topological polar surface area (TPSA) is 72.9 Å². The fourth-order valence-corrected chi connectivity index (χ4v) is 3.68. The maximum atomic E-state index is 12.4. The monoisotopic (exact) mass is 290 g/mol. The third-order valence-corrected chi connectivity index (χ3v) is 4.88. The number of carbonyl (C=O) groups is 1. The summed E-state index contributed by atoms with van der Waals surface area (Å²) in [4.78, 5) is 13.7. The van der Waals surface area contributed by atoms with Crippen molar-refractivity contribution in [3.05, 3.63) is 33.6 Å². The molecule has 0 fully saturated rings. The van der Waals surface area contributed by atoms with Crippen molar-refractivity contribution in [3.63, 3.8) is 0 Å². The van der Waals surface area contributed by atoms with Crippen molar-refractivity contribution in [1.82, 2.24) is 15.1 Å². The first-order valence-corrected chi connectivity index (χ1v) is 7.65. The van der Waals surface area contributed by atoms with Crippen molar-refractivity contribution in [1.29, 1.82) is 0 Å². The highest BCUT2D eigenvalue weighted by Crippen LogP contribution is 2.35. The fourth-order valence-electron chi connectivity index (χ4n) is 2.69. The SMILES string of the molecule is Cn1ncc(CNC(=O)C2CCCc3sccc32)c1N. The first kappa shape index (κ1) is 13.2. The van der Waals surface area contributed by atoms with Crippen LogP contribution in [0.15, 0.2) is 17.6 Å². The number of nitrogens with one attached hydrogen (secondary N) is 1. The Morgan fingerprint density at radius 2 is 2.50 bits per heavy atom. The molecule has 20 heavy (non-hydrogen) atoms. The Kier molecular flexibility index (Phi) is 3.48. The number of nitrogens with zero attached hydrogens (tertiary/aromatic N) is 2. The molecule has 2 heterocycles. The molecule has 0 saturated heterocycles. The lowest BCUT2D eigenvalue weighted by molar-refractivity contribution is -0.123. The highest BCUT2D eigenvalue weighted by molar-refractivity contribution is 7.10. The molecule has 0 aliphatic heterocycles. The molecule has 1 atom stereocenters. The highest BCUT2D eigenvalue weighted by atomic mass is 32.1. The Morgan fingerprint density at radius 1 is 1.65 bits per heavy atom. The molecule has 0 spiro atoms. The second-order valence-corrected chi connectivity index (χ2v) is 6.14. The van der Waals surface area contributed by atoms with Gasteiger partial charge in [-0.3, -0.25) is 9.48 Å². The molecule has 3 N–H and O–H groups in total. The van der Waals surface area contributed by atoms with Gasteiger partial charge in [0.05, 0.1) is 12.1 Å². The predicted molar refractivity (Wildman–Crippen MR) is 79.5 cm³/mol. The summed E-state index contributed by atoms with van der Waals surface area (Å²) in [6.07, 6.45) is 4.82. The number of nitrogen functional groups attached to an aromatic ring is 1. The van der Waals surface area contributed by atoms with E-state index in [1.807, 2.05) is 0 Å². The van der Waals surface area contributed by atoms with Crippen LogP contribution in [0.3, 0.4) is 0 Å². The summed E-state index contributed by atoms with van der Waals surface area (Å²) in [5, 5.41) is 9.14. The van der Waals surface area contributed by atoms with Gasteiger partial charge < -0.3 is 11.1 Å². The van der Waals surface area contributed by atoms with Crippen LogP contribution in [0.5, 0.6) is 0 Å². The van der Waals surface area contributed by atoms with E-state index in [0.29, 0.717) is 12.4 Å². The maximum Gasteiger partial charge on any atom is 0.227 e. The van der Waals surface area contributed by atoms with Gasteiger partial charge in [-0.05, 0) is 36.3 Å². The van der Waals surface area contributed by atoms with Crippen LogP contribution in [0, 0.1) is 0 Å². The van der Waals surface area contributed by atoms with Crippen LogP contribution >= 0.6 is 11.3 Å². The van der Waals surface area contributed by atoms with Gasteiger partial charge in [-0.2, -0.15) is 5.10 Å². The van der Waals surface area contributed by atoms with Crippen LogP contribution in [-0.2, 0) is 24.8 Å². The van der Waals surface area contributed by atoms with Crippen LogP contribution in [0.1, 0.15) is 34.8 Å². The lowest BCUT2D eigenvalue weighted by Crippen LogP contribution is -2.30. The molecule has 0 radical (unpaired) electrons. The Morgan fingerprint density at radius 3 is 3.25 bits per heavy atom. The van der Waals surface area contributed by atoms with Gasteiger partial charge in [0.25, 0.3) is 0 Å². The van der Waals surface area contributed by atoms with Gasteiger partial charge in [0.1, 0.15) is 5.82 Å². The summed E-state index contributed by atoms with van der Waals surface area (Å²) in [5.74, 6) is 0.681. The van der Waals surface area contributed by atoms with Crippen LogP contribution in [0.4, 0.5) is 5.82 Å². The zero-order chi connectivity index (χ0) is 14.1. The fraction of sp³-hybridized carbons (Fsp3) is 0.429. The average Bonchev–Trinajstić information content (AvgIpc) is 3.04. The number of carbonyl (C=O) groups excluding carboxylic acids is 1. The van der Waals surface area contributed by atoms with Crippen molar-refractivity contribution in [2.45, 2.75) is 31.7 Å². The minimum absolute atomic E-state index is 0.0112. The number of nitrogens with two attached hydrogens (primary N) is 1. The van der Waals surface area contributed by atoms with E-state index in [2.05, 4.69) is 21.9 Å². The smallest absolute Gasteiger partial charge is 0.227 e. The number of aromatic nitrogens is 2. The van der Waals surface area contributed by atoms with Crippen molar-refractivity contribution in [2.75, 3.05) is 5.73 Å². The Bertz CT molecular complexity index is 631. The Labute approximate surface area is 121 Å². The number of hydrogen-bond donors (Lipinski definition) is 2. The van der Waals surface area contributed by atoms with E-state index in [9.17, 15) is 4.79 Å². The van der Waals surface area contributed by atoms with Gasteiger partial charge in [-0.1, -0.05) is 0 Å². The minimum Gasteiger partial charge on any atom is -0.384 e. The summed E-state index contributed by atoms with van der Waals surface area (Å²) in [6, 6.07) is 2.09. The van der Waals surface area contributed by atoms with Gasteiger partial charge in [0, 0.05) is 24.0 Å². The molecule has 106 valence electrons. The standard InChI is InChI=1S/C14H18N4OS/c1-18-13(15)9(8-17-18)7-16-14(19)11-3-2-4-12-10(11)5-6-20-12/h5-6,8,11H,2-4,7,15H2,1H3,(H,16,19). The van der Waals surface area contributed by atoms with Crippen molar-refractivity contribution in [3.8, 4) is 0 Å². The van der Waals surface area contributed by atoms with E-state index >= 15 is 0 Å². The number of hydrogen-bond acceptors (Lipinski definition) is 4. The number of thiophene rings is 1. The second kappa shape index (κ2) is 5.28. The first-order valence-electron chi connectivity index (χ1n) is 6.77. The molecule has 3 rings (SSSR count). The first-order chi connectivity index (χ1) is 9.66. The van der Waals surface area contributed by atoms with Crippen LogP contribution in [0.2, 0.25) is 0 Å². The average molecular weight is 290 g/mol. The van der Waals surface area contributed by atoms with Crippen molar-refractivity contribution >= 4 is 23.1 Å². The molecule has 1 aliphatic carbocycles. The summed E-state index contributed by atoms with van der Waals surface area (Å²) < 4.78 is 1.61. The van der Waals surface area contributed by atoms with Crippen LogP contribution < -0.4 is 11.1 Å². The molecule has 5 nitrogen and oxygen atoms in total. The molecule has 0 aromatic carbocycles. The molecule has 1 unspecified atom stereocenters. The number of fused-ring (bicyclic) bond motifs is 1. The molecule has 0 bridgehead atoms. The molecular formula is C14H18N4OS. The minimum atomic E-state index is -0.0112. The number of amides is 1. The van der Waals surface area contributed by atoms with Gasteiger partial charge in [-0.15, -0.1) is 11.3 Å². The van der Waals surface area contributed by atoms with Gasteiger partial charge >= 0.3 is 0 Å². The summed E-state index contributed by atoms with van der Waals surface area (Å²) in [5.41, 5.74) is 7.95. The van der Waals surface area contributed by atoms with Gasteiger partial charge in [0.15, 0.2) is 0 Å². The molecule has 1 amide bonds. The lowest BCUT2D eigenvalue weighted by Gasteiger charge is -2.21. The molecule has 6 heteroatoms. The van der Waals surface area contributed by atoms with Crippen molar-refractivity contribution in [2.24, 2.45) is 7.05 Å². The zero-order valence-electron chi connectivity index (χ0n) is 11.4. The van der Waals surface area contributed by atoms with E-state index in [4.69, 9.17) is 5.73 Å². The summed E-state index contributed by atoms with van der Waals surface area (Å²) in [6.45, 7) is 0.439. The van der Waals surface area contributed by atoms with Gasteiger partial charge in [0.2, 0.25) is 5.91 Å². The molecular weight excluding hydrogens is 272 g/mol. The quantitative estimate of drug-likeness (QED) is 0.905. The number of rotatable bonds is 3. The van der Waals surface area contributed by atoms with Crippen LogP contribution in [-0.4, -0.2) is 15.7 Å². The molecule has 1 aliphatic rings. The predicted octanol–water partition coefficient (Wildman–Crippen LogP) is 1.80. The second-order valence-electron chi connectivity index (χ2n) is 5.14. The lowest BCUT2D eigenvalue weighted by atomic mass is 9.87. The van der Waals surface area contributed by atoms with Crippen molar-refractivity contribution < 1.29 is 4.79 Å².